The number of ether oxygens (including phenoxy) is 2. The third-order valence-corrected chi connectivity index (χ3v) is 5.63. The van der Waals surface area contributed by atoms with E-state index in [-0.39, 0.29) is 35.2 Å². The minimum Gasteiger partial charge on any atom is -0.497 e. The minimum atomic E-state index is -0.395. The Hall–Kier alpha value is -3.33. The number of benzene rings is 2. The molecular weight excluding hydrogens is 409 g/mol. The molecule has 2 aromatic carbocycles. The molecule has 0 saturated heterocycles. The maximum Gasteiger partial charge on any atom is 0.309 e. The van der Waals surface area contributed by atoms with Gasteiger partial charge in [-0.25, -0.2) is 4.39 Å². The van der Waals surface area contributed by atoms with Crippen LogP contribution in [0.25, 0.3) is 0 Å². The maximum absolute atomic E-state index is 13.0. The molecule has 2 unspecified atom stereocenters. The number of carbonyl (C=O) groups excluding carboxylic acids is 2. The molecule has 1 aliphatic carbocycles. The van der Waals surface area contributed by atoms with Gasteiger partial charge in [0.05, 0.1) is 13.0 Å². The summed E-state index contributed by atoms with van der Waals surface area (Å²) in [5.74, 6) is -0.524. The molecule has 1 amide bonds. The van der Waals surface area contributed by atoms with E-state index < -0.39 is 5.91 Å². The van der Waals surface area contributed by atoms with Crippen molar-refractivity contribution in [2.24, 2.45) is 5.92 Å². The van der Waals surface area contributed by atoms with Gasteiger partial charge in [-0.3, -0.25) is 9.59 Å². The lowest BCUT2D eigenvalue weighted by Crippen LogP contribution is -2.11. The van der Waals surface area contributed by atoms with Crippen LogP contribution in [0.4, 0.5) is 10.1 Å². The fourth-order valence-electron chi connectivity index (χ4n) is 3.04. The number of halogens is 1. The molecule has 7 nitrogen and oxygen atoms in total. The van der Waals surface area contributed by atoms with Crippen LogP contribution in [0.2, 0.25) is 0 Å². The molecule has 0 aliphatic heterocycles. The van der Waals surface area contributed by atoms with Crippen LogP contribution < -0.4 is 10.1 Å². The Labute approximate surface area is 175 Å². The van der Waals surface area contributed by atoms with Gasteiger partial charge in [-0.1, -0.05) is 23.5 Å². The summed E-state index contributed by atoms with van der Waals surface area (Å²) in [6.07, 6.45) is 0.677. The summed E-state index contributed by atoms with van der Waals surface area (Å²) in [6, 6.07) is 13.0. The molecule has 30 heavy (non-hydrogen) atoms. The lowest BCUT2D eigenvalue weighted by Gasteiger charge is -2.04. The van der Waals surface area contributed by atoms with E-state index in [1.165, 1.54) is 12.1 Å². The first-order chi connectivity index (χ1) is 14.5. The van der Waals surface area contributed by atoms with Crippen molar-refractivity contribution in [2.45, 2.75) is 18.9 Å². The first-order valence-electron chi connectivity index (χ1n) is 9.23. The van der Waals surface area contributed by atoms with Gasteiger partial charge in [0.15, 0.2) is 5.01 Å². The molecule has 154 valence electrons. The Bertz CT molecular complexity index is 1050. The monoisotopic (exact) mass is 427 g/mol. The van der Waals surface area contributed by atoms with Gasteiger partial charge in [0, 0.05) is 5.69 Å². The van der Waals surface area contributed by atoms with E-state index in [2.05, 4.69) is 15.5 Å². The van der Waals surface area contributed by atoms with Crippen molar-refractivity contribution in [1.82, 2.24) is 10.2 Å². The van der Waals surface area contributed by atoms with Crippen LogP contribution in [0.5, 0.6) is 5.75 Å². The van der Waals surface area contributed by atoms with Gasteiger partial charge in [0.1, 0.15) is 18.2 Å². The fraction of sp³-hybridized carbons (Fsp3) is 0.238. The number of methoxy groups -OCH3 is 1. The molecule has 1 heterocycles. The minimum absolute atomic E-state index is 0.0427. The zero-order chi connectivity index (χ0) is 21.1. The molecule has 0 spiro atoms. The van der Waals surface area contributed by atoms with Gasteiger partial charge >= 0.3 is 5.97 Å². The largest absolute Gasteiger partial charge is 0.497 e. The molecular formula is C21H18FN3O4S. The molecule has 3 aromatic rings. The summed E-state index contributed by atoms with van der Waals surface area (Å²) in [5, 5.41) is 11.1. The first-order valence-corrected chi connectivity index (χ1v) is 10.0. The predicted molar refractivity (Wildman–Crippen MR) is 108 cm³/mol. The molecule has 1 aliphatic rings. The first kappa shape index (κ1) is 20.0. The molecule has 1 aromatic heterocycles. The van der Waals surface area contributed by atoms with Gasteiger partial charge in [-0.05, 0) is 54.3 Å². The van der Waals surface area contributed by atoms with Gasteiger partial charge in [-0.15, -0.1) is 10.2 Å². The highest BCUT2D eigenvalue weighted by Gasteiger charge is 2.45. The van der Waals surface area contributed by atoms with Gasteiger partial charge in [0.25, 0.3) is 5.91 Å². The van der Waals surface area contributed by atoms with Crippen LogP contribution in [0.3, 0.4) is 0 Å². The third kappa shape index (κ3) is 4.62. The molecule has 1 fully saturated rings. The van der Waals surface area contributed by atoms with Gasteiger partial charge < -0.3 is 14.8 Å². The fourth-order valence-corrected chi connectivity index (χ4v) is 3.68. The normalized spacial score (nSPS) is 17.3. The second kappa shape index (κ2) is 8.58. The van der Waals surface area contributed by atoms with Gasteiger partial charge in [0.2, 0.25) is 5.01 Å². The Balaban J connectivity index is 1.27. The van der Waals surface area contributed by atoms with E-state index >= 15 is 0 Å². The number of anilines is 1. The SMILES string of the molecule is COc1ccc(NC(=O)c2nnc(COC(=O)C3CC3c3ccc(F)cc3)s2)cc1. The van der Waals surface area contributed by atoms with Crippen LogP contribution in [-0.2, 0) is 16.1 Å². The molecule has 4 rings (SSSR count). The van der Waals surface area contributed by atoms with Crippen LogP contribution in [0.15, 0.2) is 48.5 Å². The van der Waals surface area contributed by atoms with Crippen molar-refractivity contribution < 1.29 is 23.5 Å². The Morgan fingerprint density at radius 3 is 2.57 bits per heavy atom. The zero-order valence-electron chi connectivity index (χ0n) is 16.0. The molecule has 0 radical (unpaired) electrons. The maximum atomic E-state index is 13.0. The van der Waals surface area contributed by atoms with E-state index in [4.69, 9.17) is 9.47 Å². The highest BCUT2D eigenvalue weighted by atomic mass is 32.1. The number of hydrogen-bond donors (Lipinski definition) is 1. The van der Waals surface area contributed by atoms with Crippen molar-refractivity contribution >= 4 is 28.9 Å². The lowest BCUT2D eigenvalue weighted by molar-refractivity contribution is -0.146. The number of esters is 1. The summed E-state index contributed by atoms with van der Waals surface area (Å²) in [6.45, 7) is -0.0427. The van der Waals surface area contributed by atoms with Crippen LogP contribution in [0.1, 0.15) is 32.7 Å². The quantitative estimate of drug-likeness (QED) is 0.577. The molecule has 1 N–H and O–H groups in total. The number of rotatable bonds is 7. The summed E-state index contributed by atoms with van der Waals surface area (Å²) >= 11 is 1.06. The van der Waals surface area contributed by atoms with Crippen molar-refractivity contribution in [2.75, 3.05) is 12.4 Å². The number of amides is 1. The van der Waals surface area contributed by atoms with E-state index in [9.17, 15) is 14.0 Å². The lowest BCUT2D eigenvalue weighted by atomic mass is 10.1. The Morgan fingerprint density at radius 1 is 1.13 bits per heavy atom. The summed E-state index contributed by atoms with van der Waals surface area (Å²) in [7, 11) is 1.56. The molecule has 9 heteroatoms. The Morgan fingerprint density at radius 2 is 1.87 bits per heavy atom. The summed E-state index contributed by atoms with van der Waals surface area (Å²) in [5.41, 5.74) is 1.52. The summed E-state index contributed by atoms with van der Waals surface area (Å²) in [4.78, 5) is 24.5. The highest BCUT2D eigenvalue weighted by Crippen LogP contribution is 2.48. The standard InChI is InChI=1S/C21H18FN3O4S/c1-28-15-8-6-14(7-9-15)23-19(26)20-25-24-18(30-20)11-29-21(27)17-10-16(17)12-2-4-13(22)5-3-12/h2-9,16-17H,10-11H2,1H3,(H,23,26). The van der Waals surface area contributed by atoms with E-state index in [1.54, 1.807) is 43.5 Å². The van der Waals surface area contributed by atoms with Crippen molar-refractivity contribution in [3.63, 3.8) is 0 Å². The molecule has 0 bridgehead atoms. The second-order valence-electron chi connectivity index (χ2n) is 6.79. The van der Waals surface area contributed by atoms with Crippen molar-refractivity contribution in [1.29, 1.82) is 0 Å². The number of nitrogens with zero attached hydrogens (tertiary/aromatic N) is 2. The van der Waals surface area contributed by atoms with Crippen LogP contribution >= 0.6 is 11.3 Å². The topological polar surface area (TPSA) is 90.4 Å². The van der Waals surface area contributed by atoms with E-state index in [0.29, 0.717) is 22.9 Å². The Kier molecular flexibility index (Phi) is 5.71. The van der Waals surface area contributed by atoms with Gasteiger partial charge in [-0.2, -0.15) is 0 Å². The number of hydrogen-bond acceptors (Lipinski definition) is 7. The second-order valence-corrected chi connectivity index (χ2v) is 7.85. The van der Waals surface area contributed by atoms with Crippen molar-refractivity contribution in [3.8, 4) is 5.75 Å². The van der Waals surface area contributed by atoms with Crippen molar-refractivity contribution in [3.05, 3.63) is 69.9 Å². The third-order valence-electron chi connectivity index (χ3n) is 4.74. The molecule has 1 saturated carbocycles. The average molecular weight is 427 g/mol. The number of carbonyl (C=O) groups is 2. The average Bonchev–Trinajstić information content (AvgIpc) is 3.42. The van der Waals surface area contributed by atoms with E-state index in [1.807, 2.05) is 0 Å². The molecule has 2 atom stereocenters. The summed E-state index contributed by atoms with van der Waals surface area (Å²) < 4.78 is 23.4. The van der Waals surface area contributed by atoms with E-state index in [0.717, 1.165) is 16.9 Å². The zero-order valence-corrected chi connectivity index (χ0v) is 16.8. The van der Waals surface area contributed by atoms with Crippen LogP contribution in [0, 0.1) is 11.7 Å². The highest BCUT2D eigenvalue weighted by molar-refractivity contribution is 7.13. The number of nitrogens with one attached hydrogen (secondary N) is 1. The number of aromatic nitrogens is 2. The smallest absolute Gasteiger partial charge is 0.309 e. The predicted octanol–water partition coefficient (Wildman–Crippen LogP) is 3.79. The van der Waals surface area contributed by atoms with Crippen LogP contribution in [-0.4, -0.2) is 29.2 Å².